The number of carbonyl (C=O) groups excluding carboxylic acids is 2. The van der Waals surface area contributed by atoms with E-state index in [4.69, 9.17) is 9.90 Å². The Labute approximate surface area is 140 Å². The summed E-state index contributed by atoms with van der Waals surface area (Å²) in [6.45, 7) is 0. The molecule has 10 heteroatoms. The Morgan fingerprint density at radius 2 is 1.58 bits per heavy atom. The Morgan fingerprint density at radius 3 is 1.67 bits per heavy atom. The van der Waals surface area contributed by atoms with Crippen LogP contribution in [0.5, 0.6) is 0 Å². The molecule has 0 aromatic carbocycles. The molecule has 0 aliphatic carbocycles. The molecule has 2 aromatic rings. The average molecular weight is 344 g/mol. The Hall–Kier alpha value is -3.04. The van der Waals surface area contributed by atoms with Crippen molar-refractivity contribution in [1.29, 1.82) is 0 Å². The Balaban J connectivity index is 0. The second-order valence-corrected chi connectivity index (χ2v) is 4.09. The van der Waals surface area contributed by atoms with Gasteiger partial charge in [-0.05, 0) is 0 Å². The molecule has 10 nitrogen and oxygen atoms in total. The third-order valence-corrected chi connectivity index (χ3v) is 2.04. The van der Waals surface area contributed by atoms with Gasteiger partial charge in [0.15, 0.2) is 0 Å². The summed E-state index contributed by atoms with van der Waals surface area (Å²) in [5.74, 6) is 0. The first-order valence-corrected chi connectivity index (χ1v) is 6.52. The van der Waals surface area contributed by atoms with Crippen LogP contribution in [0.4, 0.5) is 9.59 Å². The van der Waals surface area contributed by atoms with Crippen molar-refractivity contribution >= 4 is 12.3 Å². The first-order valence-electron chi connectivity index (χ1n) is 6.52. The maximum Gasteiger partial charge on any atom is 0.507 e. The number of hydrogen-bond donors (Lipinski definition) is 0. The van der Waals surface area contributed by atoms with Crippen molar-refractivity contribution in [3.8, 4) is 0 Å². The highest BCUT2D eigenvalue weighted by atomic mass is 16.7. The fourth-order valence-electron chi connectivity index (χ4n) is 0.984. The van der Waals surface area contributed by atoms with E-state index in [1.165, 1.54) is 14.2 Å². The molecule has 2 aromatic heterocycles. The minimum atomic E-state index is -1.50. The van der Waals surface area contributed by atoms with E-state index in [1.54, 1.807) is 12.5 Å². The number of aromatic nitrogens is 4. The fraction of sp³-hybridized carbons (Fsp3) is 0.429. The molecule has 0 radical (unpaired) electrons. The van der Waals surface area contributed by atoms with Crippen molar-refractivity contribution in [2.45, 2.75) is 0 Å². The number of aryl methyl sites for hydroxylation is 3. The van der Waals surface area contributed by atoms with Crippen molar-refractivity contribution in [2.75, 3.05) is 21.3 Å². The van der Waals surface area contributed by atoms with Crippen molar-refractivity contribution in [1.82, 2.24) is 14.1 Å². The van der Waals surface area contributed by atoms with E-state index in [0.29, 0.717) is 0 Å². The highest BCUT2D eigenvalue weighted by molar-refractivity contribution is 5.59. The van der Waals surface area contributed by atoms with Gasteiger partial charge >= 0.3 is 6.16 Å². The summed E-state index contributed by atoms with van der Waals surface area (Å²) in [6, 6.07) is 0. The molecule has 2 heterocycles. The Bertz CT molecular complexity index is 531. The lowest BCUT2D eigenvalue weighted by atomic mass is 10.9. The standard InChI is InChI=1S/C5H9N2.C4H6N2.C3H6O3.C2H4O3/c1-6-3-4-7(2)5-6;1-6-3-2-5-4-6;1-5-3(4)6-2;1-5-2(3)4/h3-5H,1-2H3;2-4H,1H3;1-2H3;1H3,(H,3,4)/q+1;;;/p-1. The van der Waals surface area contributed by atoms with E-state index >= 15 is 0 Å². The number of carboxylic acid groups (broad SMARTS) is 1. The molecule has 0 fully saturated rings. The molecular weight excluding hydrogens is 320 g/mol. The summed E-state index contributed by atoms with van der Waals surface area (Å²) < 4.78 is 17.5. The van der Waals surface area contributed by atoms with E-state index < -0.39 is 12.3 Å². The van der Waals surface area contributed by atoms with Gasteiger partial charge in [-0.1, -0.05) is 0 Å². The van der Waals surface area contributed by atoms with E-state index in [0.717, 1.165) is 7.11 Å². The molecular formula is C14H24N4O6. The van der Waals surface area contributed by atoms with Gasteiger partial charge in [0.2, 0.25) is 6.33 Å². The quantitative estimate of drug-likeness (QED) is 0.474. The summed E-state index contributed by atoms with van der Waals surface area (Å²) in [5.41, 5.74) is 0. The number of imidazole rings is 2. The molecule has 0 spiro atoms. The number of hydrogen-bond acceptors (Lipinski definition) is 7. The zero-order valence-corrected chi connectivity index (χ0v) is 14.7. The average Bonchev–Trinajstić information content (AvgIpc) is 3.19. The maximum absolute atomic E-state index is 9.74. The largest absolute Gasteiger partial charge is 0.553 e. The molecule has 136 valence electrons. The highest BCUT2D eigenvalue weighted by Crippen LogP contribution is 1.73. The van der Waals surface area contributed by atoms with Gasteiger partial charge in [-0.2, -0.15) is 0 Å². The van der Waals surface area contributed by atoms with Gasteiger partial charge in [-0.25, -0.2) is 18.9 Å². The number of rotatable bonds is 0. The molecule has 0 unspecified atom stereocenters. The van der Waals surface area contributed by atoms with Crippen molar-refractivity contribution in [2.24, 2.45) is 21.1 Å². The molecule has 0 bridgehead atoms. The lowest BCUT2D eigenvalue weighted by Crippen LogP contribution is -2.23. The van der Waals surface area contributed by atoms with Crippen LogP contribution in [-0.2, 0) is 35.4 Å². The second kappa shape index (κ2) is 14.9. The molecule has 24 heavy (non-hydrogen) atoms. The Morgan fingerprint density at radius 1 is 1.04 bits per heavy atom. The smallest absolute Gasteiger partial charge is 0.507 e. The monoisotopic (exact) mass is 344 g/mol. The zero-order valence-electron chi connectivity index (χ0n) is 14.7. The van der Waals surface area contributed by atoms with Crippen molar-refractivity contribution < 1.29 is 33.5 Å². The topological polar surface area (TPSA) is 112 Å². The van der Waals surface area contributed by atoms with Crippen molar-refractivity contribution in [3.05, 3.63) is 37.4 Å². The van der Waals surface area contributed by atoms with Crippen LogP contribution >= 0.6 is 0 Å². The highest BCUT2D eigenvalue weighted by Gasteiger charge is 1.89. The van der Waals surface area contributed by atoms with Crippen LogP contribution in [0, 0.1) is 0 Å². The number of nitrogens with zero attached hydrogens (tertiary/aromatic N) is 4. The predicted octanol–water partition coefficient (Wildman–Crippen LogP) is -0.355. The van der Waals surface area contributed by atoms with Crippen LogP contribution in [0.3, 0.4) is 0 Å². The normalized spacial score (nSPS) is 8.08. The third kappa shape index (κ3) is 17.0. The summed E-state index contributed by atoms with van der Waals surface area (Å²) in [7, 11) is 9.49. The van der Waals surface area contributed by atoms with Crippen LogP contribution in [-0.4, -0.2) is 47.8 Å². The van der Waals surface area contributed by atoms with Gasteiger partial charge in [0, 0.05) is 26.6 Å². The van der Waals surface area contributed by atoms with Crippen LogP contribution in [0.2, 0.25) is 0 Å². The van der Waals surface area contributed by atoms with Crippen LogP contribution < -0.4 is 9.67 Å². The fourth-order valence-corrected chi connectivity index (χ4v) is 0.984. The van der Waals surface area contributed by atoms with E-state index in [9.17, 15) is 4.79 Å². The molecule has 0 amide bonds. The van der Waals surface area contributed by atoms with Crippen LogP contribution in [0.1, 0.15) is 0 Å². The lowest BCUT2D eigenvalue weighted by Gasteiger charge is -1.92. The summed E-state index contributed by atoms with van der Waals surface area (Å²) in [6.07, 6.45) is 9.24. The zero-order chi connectivity index (χ0) is 19.0. The molecule has 0 saturated carbocycles. The molecule has 0 aliphatic rings. The molecule has 0 N–H and O–H groups in total. The number of carbonyl (C=O) groups is 2. The van der Waals surface area contributed by atoms with Gasteiger partial charge in [0.1, 0.15) is 12.4 Å². The predicted molar refractivity (Wildman–Crippen MR) is 81.6 cm³/mol. The summed E-state index contributed by atoms with van der Waals surface area (Å²) >= 11 is 0. The maximum atomic E-state index is 9.74. The van der Waals surface area contributed by atoms with E-state index in [2.05, 4.69) is 19.2 Å². The van der Waals surface area contributed by atoms with Crippen molar-refractivity contribution in [3.63, 3.8) is 0 Å². The summed E-state index contributed by atoms with van der Waals surface area (Å²) in [5, 5.41) is 9.03. The minimum Gasteiger partial charge on any atom is -0.553 e. The third-order valence-electron chi connectivity index (χ3n) is 2.04. The second-order valence-electron chi connectivity index (χ2n) is 4.09. The lowest BCUT2D eigenvalue weighted by molar-refractivity contribution is -0.670. The molecule has 0 saturated heterocycles. The van der Waals surface area contributed by atoms with Gasteiger partial charge in [0.05, 0.1) is 34.6 Å². The molecule has 2 rings (SSSR count). The van der Waals surface area contributed by atoms with E-state index in [1.807, 2.05) is 59.8 Å². The van der Waals surface area contributed by atoms with Gasteiger partial charge in [0.25, 0.3) is 6.16 Å². The van der Waals surface area contributed by atoms with Gasteiger partial charge < -0.3 is 28.7 Å². The van der Waals surface area contributed by atoms with Gasteiger partial charge in [-0.3, -0.25) is 0 Å². The molecule has 0 atom stereocenters. The first-order chi connectivity index (χ1) is 11.3. The summed E-state index contributed by atoms with van der Waals surface area (Å²) in [4.78, 5) is 22.6. The number of ether oxygens (including phenoxy) is 3. The minimum absolute atomic E-state index is 0.657. The van der Waals surface area contributed by atoms with Crippen LogP contribution in [0.25, 0.3) is 0 Å². The SMILES string of the molecule is COC(=O)OC.COC(=O)[O-].Cn1cc[n+](C)c1.Cn1ccnc1. The van der Waals surface area contributed by atoms with Gasteiger partial charge in [-0.15, -0.1) is 0 Å². The van der Waals surface area contributed by atoms with Crippen LogP contribution in [0.15, 0.2) is 37.4 Å². The number of methoxy groups -OCH3 is 3. The first kappa shape index (κ1) is 23.2. The van der Waals surface area contributed by atoms with E-state index in [-0.39, 0.29) is 0 Å². The Kier molecular flexibility index (Phi) is 14.4. The molecule has 0 aliphatic heterocycles.